The van der Waals surface area contributed by atoms with E-state index in [0.717, 1.165) is 19.5 Å². The van der Waals surface area contributed by atoms with Gasteiger partial charge < -0.3 is 15.1 Å². The summed E-state index contributed by atoms with van der Waals surface area (Å²) in [5.41, 5.74) is 0. The Hall–Kier alpha value is -0.610. The van der Waals surface area contributed by atoms with Crippen LogP contribution < -0.4 is 5.32 Å². The number of rotatable bonds is 3. The first-order chi connectivity index (χ1) is 9.09. The minimum Gasteiger partial charge on any atom is -0.336 e. The Kier molecular flexibility index (Phi) is 5.22. The largest absolute Gasteiger partial charge is 0.336 e. The maximum absolute atomic E-state index is 12.8. The van der Waals surface area contributed by atoms with Gasteiger partial charge in [-0.25, -0.2) is 0 Å². The predicted molar refractivity (Wildman–Crippen MR) is 78.1 cm³/mol. The molecule has 4 nitrogen and oxygen atoms in total. The molecular weight excluding hydrogens is 238 g/mol. The van der Waals surface area contributed by atoms with Crippen LogP contribution >= 0.6 is 0 Å². The monoisotopic (exact) mass is 267 g/mol. The van der Waals surface area contributed by atoms with E-state index in [0.29, 0.717) is 18.0 Å². The molecule has 1 aliphatic heterocycles. The lowest BCUT2D eigenvalue weighted by Gasteiger charge is -2.39. The lowest BCUT2D eigenvalue weighted by Crippen LogP contribution is -2.53. The van der Waals surface area contributed by atoms with Gasteiger partial charge in [0.05, 0.1) is 6.04 Å². The number of carbonyl (C=O) groups excluding carboxylic acids is 1. The molecule has 0 aromatic heterocycles. The van der Waals surface area contributed by atoms with E-state index >= 15 is 0 Å². The van der Waals surface area contributed by atoms with E-state index in [-0.39, 0.29) is 6.04 Å². The Morgan fingerprint density at radius 2 is 1.89 bits per heavy atom. The highest BCUT2D eigenvalue weighted by Gasteiger charge is 2.35. The minimum atomic E-state index is -0.0260. The van der Waals surface area contributed by atoms with E-state index in [9.17, 15) is 4.79 Å². The summed E-state index contributed by atoms with van der Waals surface area (Å²) in [5.74, 6) is 0.325. The van der Waals surface area contributed by atoms with Gasteiger partial charge in [0.15, 0.2) is 0 Å². The Morgan fingerprint density at radius 1 is 1.21 bits per heavy atom. The van der Waals surface area contributed by atoms with Gasteiger partial charge in [-0.3, -0.25) is 4.79 Å². The Balaban J connectivity index is 2.09. The summed E-state index contributed by atoms with van der Waals surface area (Å²) in [4.78, 5) is 17.1. The molecule has 1 saturated heterocycles. The van der Waals surface area contributed by atoms with Crippen LogP contribution in [0.5, 0.6) is 0 Å². The lowest BCUT2D eigenvalue weighted by atomic mass is 9.92. The molecule has 1 saturated carbocycles. The molecule has 0 aromatic carbocycles. The van der Waals surface area contributed by atoms with Crippen molar-refractivity contribution in [2.45, 2.75) is 63.6 Å². The number of carbonyl (C=O) groups is 1. The van der Waals surface area contributed by atoms with Gasteiger partial charge in [-0.15, -0.1) is 0 Å². The third-order valence-electron chi connectivity index (χ3n) is 4.50. The Morgan fingerprint density at radius 3 is 2.53 bits per heavy atom. The summed E-state index contributed by atoms with van der Waals surface area (Å²) in [6.07, 6.45) is 7.38. The molecule has 1 amide bonds. The van der Waals surface area contributed by atoms with Crippen molar-refractivity contribution >= 4 is 5.91 Å². The first kappa shape index (κ1) is 14.8. The normalized spacial score (nSPS) is 30.7. The average molecular weight is 267 g/mol. The molecule has 0 radical (unpaired) electrons. The van der Waals surface area contributed by atoms with Crippen molar-refractivity contribution in [3.8, 4) is 0 Å². The molecule has 2 atom stereocenters. The standard InChI is InChI=1S/C15H29N3O/c1-12-9-10-16-14(11-17(2)3)15(19)18(12)13-7-5-4-6-8-13/h12-14,16H,4-11H2,1-3H3. The van der Waals surface area contributed by atoms with Gasteiger partial charge in [-0.1, -0.05) is 19.3 Å². The predicted octanol–water partition coefficient (Wildman–Crippen LogP) is 1.46. The fraction of sp³-hybridized carbons (Fsp3) is 0.933. The molecule has 1 N–H and O–H groups in total. The van der Waals surface area contributed by atoms with Crippen molar-refractivity contribution in [2.75, 3.05) is 27.2 Å². The van der Waals surface area contributed by atoms with Gasteiger partial charge in [-0.05, 0) is 46.8 Å². The van der Waals surface area contributed by atoms with Crippen molar-refractivity contribution in [1.82, 2.24) is 15.1 Å². The van der Waals surface area contributed by atoms with Crippen LogP contribution in [-0.4, -0.2) is 61.0 Å². The Labute approximate surface area is 117 Å². The van der Waals surface area contributed by atoms with Crippen LogP contribution in [0.1, 0.15) is 45.4 Å². The van der Waals surface area contributed by atoms with Crippen LogP contribution in [0.15, 0.2) is 0 Å². The average Bonchev–Trinajstić information content (AvgIpc) is 2.50. The molecule has 2 aliphatic rings. The van der Waals surface area contributed by atoms with E-state index in [1.807, 2.05) is 14.1 Å². The van der Waals surface area contributed by atoms with E-state index < -0.39 is 0 Å². The third kappa shape index (κ3) is 3.69. The molecule has 1 aliphatic carbocycles. The molecule has 2 unspecified atom stereocenters. The Bertz CT molecular complexity index is 300. The second-order valence-electron chi connectivity index (χ2n) is 6.44. The van der Waals surface area contributed by atoms with Crippen molar-refractivity contribution in [3.63, 3.8) is 0 Å². The smallest absolute Gasteiger partial charge is 0.241 e. The van der Waals surface area contributed by atoms with Gasteiger partial charge in [0.2, 0.25) is 5.91 Å². The number of likely N-dealkylation sites (N-methyl/N-ethyl adjacent to an activating group) is 1. The molecule has 1 heterocycles. The van der Waals surface area contributed by atoms with E-state index in [1.54, 1.807) is 0 Å². The minimum absolute atomic E-state index is 0.0260. The second-order valence-corrected chi connectivity index (χ2v) is 6.44. The molecule has 19 heavy (non-hydrogen) atoms. The molecule has 4 heteroatoms. The van der Waals surface area contributed by atoms with Gasteiger partial charge in [0.1, 0.15) is 0 Å². The summed E-state index contributed by atoms with van der Waals surface area (Å²) >= 11 is 0. The first-order valence-electron chi connectivity index (χ1n) is 7.80. The highest BCUT2D eigenvalue weighted by molar-refractivity contribution is 5.83. The number of nitrogens with zero attached hydrogens (tertiary/aromatic N) is 2. The van der Waals surface area contributed by atoms with Crippen LogP contribution in [0, 0.1) is 0 Å². The molecule has 2 rings (SSSR count). The topological polar surface area (TPSA) is 35.6 Å². The second kappa shape index (κ2) is 6.71. The summed E-state index contributed by atoms with van der Waals surface area (Å²) in [6, 6.07) is 0.845. The first-order valence-corrected chi connectivity index (χ1v) is 7.80. The zero-order valence-electron chi connectivity index (χ0n) is 12.7. The highest BCUT2D eigenvalue weighted by Crippen LogP contribution is 2.26. The quantitative estimate of drug-likeness (QED) is 0.841. The molecule has 0 spiro atoms. The van der Waals surface area contributed by atoms with E-state index in [1.165, 1.54) is 32.1 Å². The number of hydrogen-bond donors (Lipinski definition) is 1. The maximum Gasteiger partial charge on any atom is 0.241 e. The van der Waals surface area contributed by atoms with Gasteiger partial charge in [0.25, 0.3) is 0 Å². The number of nitrogens with one attached hydrogen (secondary N) is 1. The summed E-state index contributed by atoms with van der Waals surface area (Å²) in [6.45, 7) is 3.97. The third-order valence-corrected chi connectivity index (χ3v) is 4.50. The van der Waals surface area contributed by atoms with E-state index in [4.69, 9.17) is 0 Å². The maximum atomic E-state index is 12.8. The number of amides is 1. The van der Waals surface area contributed by atoms with Crippen molar-refractivity contribution in [2.24, 2.45) is 0 Å². The van der Waals surface area contributed by atoms with Gasteiger partial charge in [0, 0.05) is 18.6 Å². The molecule has 110 valence electrons. The fourth-order valence-electron chi connectivity index (χ4n) is 3.50. The zero-order valence-corrected chi connectivity index (χ0v) is 12.7. The lowest BCUT2D eigenvalue weighted by molar-refractivity contribution is -0.138. The van der Waals surface area contributed by atoms with Crippen molar-refractivity contribution < 1.29 is 4.79 Å². The molecule has 0 aromatic rings. The van der Waals surface area contributed by atoms with Crippen LogP contribution in [0.2, 0.25) is 0 Å². The van der Waals surface area contributed by atoms with Crippen LogP contribution in [0.3, 0.4) is 0 Å². The molecule has 2 fully saturated rings. The summed E-state index contributed by atoms with van der Waals surface area (Å²) < 4.78 is 0. The SMILES string of the molecule is CC1CCNC(CN(C)C)C(=O)N1C1CCCCC1. The molecular formula is C15H29N3O. The van der Waals surface area contributed by atoms with E-state index in [2.05, 4.69) is 22.0 Å². The van der Waals surface area contributed by atoms with Gasteiger partial charge >= 0.3 is 0 Å². The van der Waals surface area contributed by atoms with Crippen LogP contribution in [0.4, 0.5) is 0 Å². The highest BCUT2D eigenvalue weighted by atomic mass is 16.2. The van der Waals surface area contributed by atoms with Crippen molar-refractivity contribution in [1.29, 1.82) is 0 Å². The zero-order chi connectivity index (χ0) is 13.8. The number of hydrogen-bond acceptors (Lipinski definition) is 3. The van der Waals surface area contributed by atoms with Crippen LogP contribution in [0.25, 0.3) is 0 Å². The summed E-state index contributed by atoms with van der Waals surface area (Å²) in [5, 5.41) is 3.43. The fourth-order valence-corrected chi connectivity index (χ4v) is 3.50. The van der Waals surface area contributed by atoms with Crippen LogP contribution in [-0.2, 0) is 4.79 Å². The summed E-state index contributed by atoms with van der Waals surface area (Å²) in [7, 11) is 4.07. The van der Waals surface area contributed by atoms with Gasteiger partial charge in [-0.2, -0.15) is 0 Å². The molecule has 0 bridgehead atoms. The van der Waals surface area contributed by atoms with Crippen molar-refractivity contribution in [3.05, 3.63) is 0 Å².